The molecule has 0 N–H and O–H groups in total. The summed E-state index contributed by atoms with van der Waals surface area (Å²) < 4.78 is 5.55. The minimum atomic E-state index is 0.904. The van der Waals surface area contributed by atoms with Gasteiger partial charge in [0, 0.05) is 23.7 Å². The van der Waals surface area contributed by atoms with Crippen LogP contribution in [0.25, 0.3) is 33.2 Å². The van der Waals surface area contributed by atoms with Crippen LogP contribution in [0, 0.1) is 0 Å². The Kier molecular flexibility index (Phi) is 3.10. The average molecular weight is 323 g/mol. The van der Waals surface area contributed by atoms with Crippen LogP contribution in [0.4, 0.5) is 0 Å². The second kappa shape index (κ2) is 5.45. The molecule has 0 saturated carbocycles. The second-order valence-corrected chi connectivity index (χ2v) is 6.43. The van der Waals surface area contributed by atoms with Crippen LogP contribution in [0.1, 0.15) is 11.1 Å². The topological polar surface area (TPSA) is 22.1 Å². The molecule has 5 rings (SSSR count). The Morgan fingerprint density at radius 1 is 0.880 bits per heavy atom. The maximum atomic E-state index is 5.55. The number of nitrogens with zero attached hydrogens (tertiary/aromatic N) is 1. The third kappa shape index (κ3) is 2.14. The number of fused-ring (bicyclic) bond motifs is 4. The summed E-state index contributed by atoms with van der Waals surface area (Å²) in [6.45, 7) is 0. The van der Waals surface area contributed by atoms with Gasteiger partial charge in [0.25, 0.3) is 0 Å². The molecular formula is C23H17NO. The molecule has 0 aliphatic heterocycles. The van der Waals surface area contributed by atoms with Gasteiger partial charge in [-0.3, -0.25) is 4.98 Å². The van der Waals surface area contributed by atoms with Crippen molar-refractivity contribution >= 4 is 10.8 Å². The molecule has 2 nitrogen and oxygen atoms in total. The summed E-state index contributed by atoms with van der Waals surface area (Å²) in [6, 6.07) is 23.4. The van der Waals surface area contributed by atoms with Crippen molar-refractivity contribution in [2.75, 3.05) is 7.11 Å². The third-order valence-electron chi connectivity index (χ3n) is 5.02. The van der Waals surface area contributed by atoms with Crippen LogP contribution in [-0.4, -0.2) is 12.1 Å². The molecule has 0 amide bonds. The Balaban J connectivity index is 1.69. The van der Waals surface area contributed by atoms with Gasteiger partial charge >= 0.3 is 0 Å². The first-order chi connectivity index (χ1) is 12.3. The fourth-order valence-electron chi connectivity index (χ4n) is 3.86. The predicted molar refractivity (Wildman–Crippen MR) is 102 cm³/mol. The van der Waals surface area contributed by atoms with Crippen molar-refractivity contribution in [3.8, 4) is 28.1 Å². The molecular weight excluding hydrogens is 306 g/mol. The smallest absolute Gasteiger partial charge is 0.128 e. The van der Waals surface area contributed by atoms with E-state index in [9.17, 15) is 0 Å². The molecule has 0 unspecified atom stereocenters. The van der Waals surface area contributed by atoms with E-state index in [1.165, 1.54) is 33.0 Å². The minimum Gasteiger partial charge on any atom is -0.496 e. The first kappa shape index (κ1) is 14.2. The summed E-state index contributed by atoms with van der Waals surface area (Å²) in [6.07, 6.45) is 2.90. The van der Waals surface area contributed by atoms with Gasteiger partial charge in [0.05, 0.1) is 12.8 Å². The van der Waals surface area contributed by atoms with E-state index in [0.717, 1.165) is 23.4 Å². The zero-order chi connectivity index (χ0) is 16.8. The lowest BCUT2D eigenvalue weighted by molar-refractivity contribution is 0.416. The monoisotopic (exact) mass is 323 g/mol. The average Bonchev–Trinajstić information content (AvgIpc) is 3.05. The van der Waals surface area contributed by atoms with Crippen molar-refractivity contribution in [3.05, 3.63) is 84.1 Å². The SMILES string of the molecule is COc1cccc2c1-c1ncc(-c3cccc4ccccc34)cc1C2. The highest BCUT2D eigenvalue weighted by Crippen LogP contribution is 2.42. The van der Waals surface area contributed by atoms with Gasteiger partial charge in [0.15, 0.2) is 0 Å². The first-order valence-electron chi connectivity index (χ1n) is 8.48. The van der Waals surface area contributed by atoms with Crippen molar-refractivity contribution in [1.29, 1.82) is 0 Å². The maximum Gasteiger partial charge on any atom is 0.128 e. The number of pyridine rings is 1. The van der Waals surface area contributed by atoms with Gasteiger partial charge in [-0.15, -0.1) is 0 Å². The number of ether oxygens (including phenoxy) is 1. The Morgan fingerprint density at radius 3 is 2.64 bits per heavy atom. The van der Waals surface area contributed by atoms with Gasteiger partial charge in [-0.2, -0.15) is 0 Å². The van der Waals surface area contributed by atoms with Crippen LogP contribution in [0.2, 0.25) is 0 Å². The molecule has 1 aliphatic rings. The molecule has 4 aromatic rings. The molecule has 1 aromatic heterocycles. The summed E-state index contributed by atoms with van der Waals surface area (Å²) in [7, 11) is 1.72. The molecule has 0 radical (unpaired) electrons. The van der Waals surface area contributed by atoms with Gasteiger partial charge in [-0.25, -0.2) is 0 Å². The number of rotatable bonds is 2. The molecule has 0 atom stereocenters. The molecule has 2 heteroatoms. The lowest BCUT2D eigenvalue weighted by atomic mass is 9.98. The van der Waals surface area contributed by atoms with Crippen molar-refractivity contribution in [1.82, 2.24) is 4.98 Å². The summed E-state index contributed by atoms with van der Waals surface area (Å²) in [5, 5.41) is 2.52. The quantitative estimate of drug-likeness (QED) is 0.429. The van der Waals surface area contributed by atoms with Crippen molar-refractivity contribution in [2.45, 2.75) is 6.42 Å². The van der Waals surface area contributed by atoms with Gasteiger partial charge < -0.3 is 4.74 Å². The van der Waals surface area contributed by atoms with E-state index in [-0.39, 0.29) is 0 Å². The van der Waals surface area contributed by atoms with Crippen LogP contribution in [0.5, 0.6) is 5.75 Å². The summed E-state index contributed by atoms with van der Waals surface area (Å²) in [4.78, 5) is 4.81. The molecule has 0 fully saturated rings. The number of aromatic nitrogens is 1. The van der Waals surface area contributed by atoms with Crippen LogP contribution in [0.15, 0.2) is 72.9 Å². The molecule has 0 saturated heterocycles. The van der Waals surface area contributed by atoms with E-state index < -0.39 is 0 Å². The van der Waals surface area contributed by atoms with Crippen molar-refractivity contribution in [3.63, 3.8) is 0 Å². The molecule has 0 bridgehead atoms. The highest BCUT2D eigenvalue weighted by molar-refractivity contribution is 5.97. The summed E-state index contributed by atoms with van der Waals surface area (Å²) in [5.74, 6) is 0.904. The van der Waals surface area contributed by atoms with E-state index in [1.54, 1.807) is 7.11 Å². The minimum absolute atomic E-state index is 0.904. The molecule has 1 aliphatic carbocycles. The standard InChI is InChI=1S/C23H17NO/c1-25-21-11-5-8-16-12-17-13-18(14-24-23(17)22(16)21)20-10-4-7-15-6-2-3-9-19(15)20/h2-11,13-14H,12H2,1H3. The van der Waals surface area contributed by atoms with Crippen LogP contribution >= 0.6 is 0 Å². The number of benzene rings is 3. The summed E-state index contributed by atoms with van der Waals surface area (Å²) in [5.41, 5.74) is 7.15. The van der Waals surface area contributed by atoms with E-state index in [0.29, 0.717) is 0 Å². The lowest BCUT2D eigenvalue weighted by Crippen LogP contribution is -1.90. The first-order valence-corrected chi connectivity index (χ1v) is 8.48. The number of hydrogen-bond acceptors (Lipinski definition) is 2. The maximum absolute atomic E-state index is 5.55. The Bertz CT molecular complexity index is 1110. The fraction of sp³-hybridized carbons (Fsp3) is 0.0870. The Hall–Kier alpha value is -3.13. The van der Waals surface area contributed by atoms with Crippen LogP contribution in [-0.2, 0) is 6.42 Å². The highest BCUT2D eigenvalue weighted by Gasteiger charge is 2.24. The highest BCUT2D eigenvalue weighted by atomic mass is 16.5. The predicted octanol–water partition coefficient (Wildman–Crippen LogP) is 5.48. The van der Waals surface area contributed by atoms with Crippen LogP contribution < -0.4 is 4.74 Å². The Labute approximate surface area is 146 Å². The van der Waals surface area contributed by atoms with Crippen molar-refractivity contribution < 1.29 is 4.74 Å². The molecule has 0 spiro atoms. The second-order valence-electron chi connectivity index (χ2n) is 6.43. The Morgan fingerprint density at radius 2 is 1.72 bits per heavy atom. The van der Waals surface area contributed by atoms with E-state index >= 15 is 0 Å². The lowest BCUT2D eigenvalue weighted by Gasteiger charge is -2.09. The molecule has 120 valence electrons. The summed E-state index contributed by atoms with van der Waals surface area (Å²) >= 11 is 0. The zero-order valence-electron chi connectivity index (χ0n) is 14.0. The molecule has 25 heavy (non-hydrogen) atoms. The third-order valence-corrected chi connectivity index (χ3v) is 5.02. The largest absolute Gasteiger partial charge is 0.496 e. The fourth-order valence-corrected chi connectivity index (χ4v) is 3.86. The van der Waals surface area contributed by atoms with E-state index in [2.05, 4.69) is 60.7 Å². The molecule has 3 aromatic carbocycles. The van der Waals surface area contributed by atoms with Gasteiger partial charge in [-0.05, 0) is 39.6 Å². The normalized spacial score (nSPS) is 12.0. The van der Waals surface area contributed by atoms with Crippen molar-refractivity contribution in [2.24, 2.45) is 0 Å². The zero-order valence-corrected chi connectivity index (χ0v) is 14.0. The van der Waals surface area contributed by atoms with E-state index in [4.69, 9.17) is 9.72 Å². The molecule has 1 heterocycles. The van der Waals surface area contributed by atoms with Crippen LogP contribution in [0.3, 0.4) is 0 Å². The number of hydrogen-bond donors (Lipinski definition) is 0. The van der Waals surface area contributed by atoms with Gasteiger partial charge in [0.1, 0.15) is 5.75 Å². The van der Waals surface area contributed by atoms with Gasteiger partial charge in [-0.1, -0.05) is 54.6 Å². The van der Waals surface area contributed by atoms with E-state index in [1.807, 2.05) is 12.3 Å². The number of methoxy groups -OCH3 is 1. The van der Waals surface area contributed by atoms with Gasteiger partial charge in [0.2, 0.25) is 0 Å².